The van der Waals surface area contributed by atoms with E-state index < -0.39 is 0 Å². The van der Waals surface area contributed by atoms with E-state index in [0.29, 0.717) is 6.54 Å². The first-order valence-electron chi connectivity index (χ1n) is 5.71. The molecule has 0 saturated carbocycles. The van der Waals surface area contributed by atoms with Crippen molar-refractivity contribution in [3.05, 3.63) is 29.8 Å². The highest BCUT2D eigenvalue weighted by molar-refractivity contribution is 5.75. The molecule has 0 aliphatic carbocycles. The molecule has 1 aromatic carbocycles. The number of primary amides is 1. The second-order valence-electron chi connectivity index (χ2n) is 4.16. The summed E-state index contributed by atoms with van der Waals surface area (Å²) in [5.41, 5.74) is 6.39. The Labute approximate surface area is 102 Å². The van der Waals surface area contributed by atoms with E-state index in [9.17, 15) is 4.79 Å². The third-order valence-corrected chi connectivity index (χ3v) is 2.59. The van der Waals surface area contributed by atoms with Crippen LogP contribution < -0.4 is 10.5 Å². The fourth-order valence-corrected chi connectivity index (χ4v) is 1.69. The summed E-state index contributed by atoms with van der Waals surface area (Å²) in [4.78, 5) is 12.6. The van der Waals surface area contributed by atoms with Gasteiger partial charge in [-0.15, -0.1) is 0 Å². The molecule has 0 aliphatic rings. The van der Waals surface area contributed by atoms with E-state index in [-0.39, 0.29) is 5.91 Å². The highest BCUT2D eigenvalue weighted by Gasteiger charge is 2.02. The van der Waals surface area contributed by atoms with E-state index in [1.54, 1.807) is 7.11 Å². The van der Waals surface area contributed by atoms with E-state index in [2.05, 4.69) is 12.1 Å². The second-order valence-corrected chi connectivity index (χ2v) is 4.16. The fraction of sp³-hybridized carbons (Fsp3) is 0.462. The maximum atomic E-state index is 10.7. The molecule has 0 aliphatic heterocycles. The van der Waals surface area contributed by atoms with E-state index >= 15 is 0 Å². The molecule has 0 atom stereocenters. The van der Waals surface area contributed by atoms with Crippen LogP contribution in [0.15, 0.2) is 24.3 Å². The number of ether oxygens (including phenoxy) is 1. The predicted molar refractivity (Wildman–Crippen MR) is 68.0 cm³/mol. The van der Waals surface area contributed by atoms with Crippen LogP contribution in [0.4, 0.5) is 0 Å². The summed E-state index contributed by atoms with van der Waals surface area (Å²) in [6.07, 6.45) is 2.00. The number of amides is 1. The van der Waals surface area contributed by atoms with Crippen LogP contribution in [0.25, 0.3) is 0 Å². The number of likely N-dealkylation sites (N-methyl/N-ethyl adjacent to an activating group) is 1. The maximum Gasteiger partial charge on any atom is 0.231 e. The van der Waals surface area contributed by atoms with Crippen molar-refractivity contribution in [2.45, 2.75) is 12.8 Å². The molecule has 17 heavy (non-hydrogen) atoms. The molecule has 0 unspecified atom stereocenters. The van der Waals surface area contributed by atoms with Crippen LogP contribution in [-0.4, -0.2) is 38.1 Å². The Balaban J connectivity index is 2.28. The standard InChI is InChI=1S/C13H20N2O2/c1-15(10-13(14)16)9-3-4-11-5-7-12(17-2)8-6-11/h5-8H,3-4,9-10H2,1-2H3,(H2,14,16). The number of methoxy groups -OCH3 is 1. The second kappa shape index (κ2) is 6.91. The molecule has 0 aromatic heterocycles. The molecule has 0 saturated heterocycles. The summed E-state index contributed by atoms with van der Waals surface area (Å²) in [7, 11) is 3.56. The largest absolute Gasteiger partial charge is 0.497 e. The predicted octanol–water partition coefficient (Wildman–Crippen LogP) is 1.04. The van der Waals surface area contributed by atoms with Gasteiger partial charge in [0.15, 0.2) is 0 Å². The molecule has 0 spiro atoms. The number of aryl methyl sites for hydroxylation is 1. The molecule has 1 rings (SSSR count). The molecule has 0 radical (unpaired) electrons. The van der Waals surface area contributed by atoms with Gasteiger partial charge >= 0.3 is 0 Å². The first-order valence-corrected chi connectivity index (χ1v) is 5.71. The molecular formula is C13H20N2O2. The van der Waals surface area contributed by atoms with Crippen LogP contribution in [0.5, 0.6) is 5.75 Å². The zero-order valence-electron chi connectivity index (χ0n) is 10.5. The van der Waals surface area contributed by atoms with Crippen LogP contribution >= 0.6 is 0 Å². The average molecular weight is 236 g/mol. The van der Waals surface area contributed by atoms with Gasteiger partial charge in [0.25, 0.3) is 0 Å². The molecule has 2 N–H and O–H groups in total. The Morgan fingerprint density at radius 2 is 2.00 bits per heavy atom. The third-order valence-electron chi connectivity index (χ3n) is 2.59. The van der Waals surface area contributed by atoms with Crippen molar-refractivity contribution in [3.8, 4) is 5.75 Å². The van der Waals surface area contributed by atoms with Gasteiger partial charge < -0.3 is 10.5 Å². The van der Waals surface area contributed by atoms with Gasteiger partial charge in [-0.2, -0.15) is 0 Å². The van der Waals surface area contributed by atoms with Gasteiger partial charge in [0.2, 0.25) is 5.91 Å². The molecule has 94 valence electrons. The van der Waals surface area contributed by atoms with Gasteiger partial charge in [-0.3, -0.25) is 9.69 Å². The Kier molecular flexibility index (Phi) is 5.49. The normalized spacial score (nSPS) is 10.5. The van der Waals surface area contributed by atoms with Crippen molar-refractivity contribution in [2.75, 3.05) is 27.2 Å². The third kappa shape index (κ3) is 5.36. The summed E-state index contributed by atoms with van der Waals surface area (Å²) in [6.45, 7) is 1.19. The minimum Gasteiger partial charge on any atom is -0.497 e. The SMILES string of the molecule is COc1ccc(CCCN(C)CC(N)=O)cc1. The van der Waals surface area contributed by atoms with Gasteiger partial charge in [-0.05, 0) is 44.1 Å². The molecular weight excluding hydrogens is 216 g/mol. The minimum absolute atomic E-state index is 0.281. The molecule has 1 amide bonds. The number of nitrogens with zero attached hydrogens (tertiary/aromatic N) is 1. The molecule has 1 aromatic rings. The lowest BCUT2D eigenvalue weighted by Gasteiger charge is -2.13. The highest BCUT2D eigenvalue weighted by atomic mass is 16.5. The molecule has 0 bridgehead atoms. The lowest BCUT2D eigenvalue weighted by Crippen LogP contribution is -2.31. The van der Waals surface area contributed by atoms with Crippen LogP contribution in [0.1, 0.15) is 12.0 Å². The monoisotopic (exact) mass is 236 g/mol. The van der Waals surface area contributed by atoms with Crippen molar-refractivity contribution in [1.82, 2.24) is 4.90 Å². The number of hydrogen-bond donors (Lipinski definition) is 1. The molecule has 0 heterocycles. The lowest BCUT2D eigenvalue weighted by molar-refractivity contribution is -0.118. The fourth-order valence-electron chi connectivity index (χ4n) is 1.69. The van der Waals surface area contributed by atoms with Crippen LogP contribution in [0, 0.1) is 0 Å². The zero-order chi connectivity index (χ0) is 12.7. The van der Waals surface area contributed by atoms with Gasteiger partial charge in [0, 0.05) is 0 Å². The Morgan fingerprint density at radius 3 is 2.53 bits per heavy atom. The molecule has 4 heteroatoms. The van der Waals surface area contributed by atoms with E-state index in [1.807, 2.05) is 24.1 Å². The van der Waals surface area contributed by atoms with Crippen LogP contribution in [0.3, 0.4) is 0 Å². The van der Waals surface area contributed by atoms with Crippen molar-refractivity contribution in [2.24, 2.45) is 5.73 Å². The quantitative estimate of drug-likeness (QED) is 0.769. The number of carbonyl (C=O) groups excluding carboxylic acids is 1. The summed E-state index contributed by atoms with van der Waals surface area (Å²) in [5, 5.41) is 0. The average Bonchev–Trinajstić information content (AvgIpc) is 2.29. The summed E-state index contributed by atoms with van der Waals surface area (Å²) < 4.78 is 5.10. The van der Waals surface area contributed by atoms with Gasteiger partial charge in [0.1, 0.15) is 5.75 Å². The first kappa shape index (κ1) is 13.5. The van der Waals surface area contributed by atoms with E-state index in [4.69, 9.17) is 10.5 Å². The minimum atomic E-state index is -0.281. The first-order chi connectivity index (χ1) is 8.11. The molecule has 4 nitrogen and oxygen atoms in total. The van der Waals surface area contributed by atoms with Gasteiger partial charge in [-0.1, -0.05) is 12.1 Å². The van der Waals surface area contributed by atoms with Crippen molar-refractivity contribution >= 4 is 5.91 Å². The smallest absolute Gasteiger partial charge is 0.231 e. The lowest BCUT2D eigenvalue weighted by atomic mass is 10.1. The Bertz CT molecular complexity index is 349. The van der Waals surface area contributed by atoms with Crippen molar-refractivity contribution in [3.63, 3.8) is 0 Å². The van der Waals surface area contributed by atoms with Crippen LogP contribution in [-0.2, 0) is 11.2 Å². The molecule has 0 fully saturated rings. The van der Waals surface area contributed by atoms with Crippen molar-refractivity contribution in [1.29, 1.82) is 0 Å². The number of carbonyl (C=O) groups is 1. The maximum absolute atomic E-state index is 10.7. The summed E-state index contributed by atoms with van der Waals surface area (Å²) in [6, 6.07) is 8.05. The Morgan fingerprint density at radius 1 is 1.35 bits per heavy atom. The number of nitrogens with two attached hydrogens (primary N) is 1. The van der Waals surface area contributed by atoms with E-state index in [1.165, 1.54) is 5.56 Å². The highest BCUT2D eigenvalue weighted by Crippen LogP contribution is 2.12. The van der Waals surface area contributed by atoms with Crippen molar-refractivity contribution < 1.29 is 9.53 Å². The number of hydrogen-bond acceptors (Lipinski definition) is 3. The Hall–Kier alpha value is -1.55. The zero-order valence-corrected chi connectivity index (χ0v) is 10.5. The topological polar surface area (TPSA) is 55.6 Å². The van der Waals surface area contributed by atoms with Gasteiger partial charge in [0.05, 0.1) is 13.7 Å². The number of benzene rings is 1. The summed E-state index contributed by atoms with van der Waals surface area (Å²) >= 11 is 0. The van der Waals surface area contributed by atoms with E-state index in [0.717, 1.165) is 25.1 Å². The van der Waals surface area contributed by atoms with Gasteiger partial charge in [-0.25, -0.2) is 0 Å². The van der Waals surface area contributed by atoms with Crippen LogP contribution in [0.2, 0.25) is 0 Å². The summed E-state index contributed by atoms with van der Waals surface area (Å²) in [5.74, 6) is 0.594. The number of rotatable bonds is 7.